The summed E-state index contributed by atoms with van der Waals surface area (Å²) in [5.41, 5.74) is 5.53. The third kappa shape index (κ3) is 4.94. The first-order chi connectivity index (χ1) is 11.0. The van der Waals surface area contributed by atoms with Gasteiger partial charge in [-0.05, 0) is 24.3 Å². The Hall–Kier alpha value is -1.60. The molecule has 1 heterocycles. The highest BCUT2D eigenvalue weighted by Gasteiger charge is 2.26. The number of piperazine rings is 1. The summed E-state index contributed by atoms with van der Waals surface area (Å²) in [7, 11) is 0. The second-order valence-electron chi connectivity index (χ2n) is 5.59. The molecule has 0 bridgehead atoms. The maximum absolute atomic E-state index is 12.2. The smallest absolute Gasteiger partial charge is 0.260 e. The van der Waals surface area contributed by atoms with Gasteiger partial charge in [-0.3, -0.25) is 9.59 Å². The van der Waals surface area contributed by atoms with Crippen molar-refractivity contribution in [2.24, 2.45) is 11.7 Å². The van der Waals surface area contributed by atoms with Gasteiger partial charge in [0, 0.05) is 43.1 Å². The van der Waals surface area contributed by atoms with Gasteiger partial charge in [-0.2, -0.15) is 0 Å². The van der Waals surface area contributed by atoms with E-state index in [1.807, 2.05) is 31.2 Å². The van der Waals surface area contributed by atoms with Gasteiger partial charge < -0.3 is 20.3 Å². The van der Waals surface area contributed by atoms with Crippen molar-refractivity contribution in [2.75, 3.05) is 39.3 Å². The topological polar surface area (TPSA) is 75.9 Å². The average Bonchev–Trinajstić information content (AvgIpc) is 2.59. The highest BCUT2D eigenvalue weighted by atomic mass is 79.9. The van der Waals surface area contributed by atoms with Gasteiger partial charge >= 0.3 is 0 Å². The maximum Gasteiger partial charge on any atom is 0.260 e. The zero-order chi connectivity index (χ0) is 16.8. The Morgan fingerprint density at radius 3 is 2.30 bits per heavy atom. The quantitative estimate of drug-likeness (QED) is 0.825. The molecule has 2 N–H and O–H groups in total. The van der Waals surface area contributed by atoms with Crippen LogP contribution in [0.2, 0.25) is 0 Å². The molecule has 1 atom stereocenters. The first-order valence-corrected chi connectivity index (χ1v) is 8.45. The Labute approximate surface area is 144 Å². The van der Waals surface area contributed by atoms with E-state index in [1.165, 1.54) is 0 Å². The largest absolute Gasteiger partial charge is 0.484 e. The number of hydrogen-bond acceptors (Lipinski definition) is 4. The number of halogens is 1. The van der Waals surface area contributed by atoms with Crippen LogP contribution in [-0.2, 0) is 9.59 Å². The Balaban J connectivity index is 1.77. The monoisotopic (exact) mass is 383 g/mol. The maximum atomic E-state index is 12.2. The number of nitrogens with two attached hydrogens (primary N) is 1. The van der Waals surface area contributed by atoms with Crippen LogP contribution in [-0.4, -0.2) is 60.9 Å². The van der Waals surface area contributed by atoms with Crippen molar-refractivity contribution in [1.82, 2.24) is 9.80 Å². The van der Waals surface area contributed by atoms with E-state index in [2.05, 4.69) is 15.9 Å². The van der Waals surface area contributed by atoms with Gasteiger partial charge in [0.1, 0.15) is 5.75 Å². The van der Waals surface area contributed by atoms with Crippen LogP contribution in [0.25, 0.3) is 0 Å². The molecular formula is C16H22BrN3O3. The van der Waals surface area contributed by atoms with Crippen LogP contribution >= 0.6 is 15.9 Å². The standard InChI is InChI=1S/C16H22BrN3O3/c1-12(10-18)16(22)20-8-6-19(7-9-20)15(21)11-23-14-4-2-13(17)3-5-14/h2-5,12H,6-11,18H2,1H3. The lowest BCUT2D eigenvalue weighted by Crippen LogP contribution is -2.53. The number of nitrogens with zero attached hydrogens (tertiary/aromatic N) is 2. The molecule has 1 unspecified atom stereocenters. The van der Waals surface area contributed by atoms with Crippen LogP contribution in [0.1, 0.15) is 6.92 Å². The summed E-state index contributed by atoms with van der Waals surface area (Å²) in [5, 5.41) is 0. The summed E-state index contributed by atoms with van der Waals surface area (Å²) >= 11 is 3.35. The number of carbonyl (C=O) groups is 2. The van der Waals surface area contributed by atoms with Crippen molar-refractivity contribution in [2.45, 2.75) is 6.92 Å². The van der Waals surface area contributed by atoms with Crippen molar-refractivity contribution in [3.63, 3.8) is 0 Å². The van der Waals surface area contributed by atoms with Gasteiger partial charge in [-0.1, -0.05) is 22.9 Å². The van der Waals surface area contributed by atoms with Crippen LogP contribution in [0.3, 0.4) is 0 Å². The van der Waals surface area contributed by atoms with Crippen LogP contribution in [0, 0.1) is 5.92 Å². The minimum absolute atomic E-state index is 0.00871. The lowest BCUT2D eigenvalue weighted by Gasteiger charge is -2.35. The van der Waals surface area contributed by atoms with E-state index < -0.39 is 0 Å². The third-order valence-corrected chi connectivity index (χ3v) is 4.42. The molecular weight excluding hydrogens is 362 g/mol. The molecule has 0 saturated carbocycles. The highest BCUT2D eigenvalue weighted by Crippen LogP contribution is 2.16. The zero-order valence-corrected chi connectivity index (χ0v) is 14.8. The molecule has 0 aliphatic carbocycles. The SMILES string of the molecule is CC(CN)C(=O)N1CCN(C(=O)COc2ccc(Br)cc2)CC1. The van der Waals surface area contributed by atoms with Gasteiger partial charge in [-0.25, -0.2) is 0 Å². The Kier molecular flexibility index (Phi) is 6.41. The summed E-state index contributed by atoms with van der Waals surface area (Å²) in [6.45, 7) is 4.34. The molecule has 0 radical (unpaired) electrons. The first-order valence-electron chi connectivity index (χ1n) is 7.66. The molecule has 1 saturated heterocycles. The molecule has 1 aliphatic rings. The van der Waals surface area contributed by atoms with Gasteiger partial charge in [0.15, 0.2) is 6.61 Å². The number of hydrogen-bond donors (Lipinski definition) is 1. The minimum atomic E-state index is -0.169. The van der Waals surface area contributed by atoms with E-state index in [9.17, 15) is 9.59 Å². The first kappa shape index (κ1) is 17.7. The zero-order valence-electron chi connectivity index (χ0n) is 13.2. The molecule has 1 aromatic carbocycles. The summed E-state index contributed by atoms with van der Waals surface area (Å²) in [6, 6.07) is 7.34. The van der Waals surface area contributed by atoms with E-state index in [0.29, 0.717) is 38.5 Å². The van der Waals surface area contributed by atoms with E-state index >= 15 is 0 Å². The summed E-state index contributed by atoms with van der Waals surface area (Å²) in [4.78, 5) is 27.7. The molecule has 0 aromatic heterocycles. The second kappa shape index (κ2) is 8.31. The van der Waals surface area contributed by atoms with Crippen molar-refractivity contribution < 1.29 is 14.3 Å². The molecule has 0 spiro atoms. The van der Waals surface area contributed by atoms with E-state index in [-0.39, 0.29) is 24.3 Å². The molecule has 23 heavy (non-hydrogen) atoms. The van der Waals surface area contributed by atoms with Crippen LogP contribution in [0.4, 0.5) is 0 Å². The van der Waals surface area contributed by atoms with E-state index in [0.717, 1.165) is 4.47 Å². The molecule has 7 heteroatoms. The minimum Gasteiger partial charge on any atom is -0.484 e. The summed E-state index contributed by atoms with van der Waals surface area (Å²) < 4.78 is 6.46. The number of ether oxygens (including phenoxy) is 1. The fourth-order valence-electron chi connectivity index (χ4n) is 2.36. The van der Waals surface area contributed by atoms with Crippen LogP contribution in [0.5, 0.6) is 5.75 Å². The molecule has 126 valence electrons. The normalized spacial score (nSPS) is 16.1. The third-order valence-electron chi connectivity index (χ3n) is 3.90. The molecule has 2 rings (SSSR count). The van der Waals surface area contributed by atoms with Crippen molar-refractivity contribution >= 4 is 27.7 Å². The van der Waals surface area contributed by atoms with E-state index in [4.69, 9.17) is 10.5 Å². The van der Waals surface area contributed by atoms with Gasteiger partial charge in [-0.15, -0.1) is 0 Å². The average molecular weight is 384 g/mol. The Bertz CT molecular complexity index is 542. The van der Waals surface area contributed by atoms with Gasteiger partial charge in [0.2, 0.25) is 5.91 Å². The number of carbonyl (C=O) groups excluding carboxylic acids is 2. The number of rotatable bonds is 5. The fourth-order valence-corrected chi connectivity index (χ4v) is 2.62. The molecule has 2 amide bonds. The number of benzene rings is 1. The molecule has 1 fully saturated rings. The lowest BCUT2D eigenvalue weighted by molar-refractivity contribution is -0.142. The number of amides is 2. The van der Waals surface area contributed by atoms with Crippen LogP contribution in [0.15, 0.2) is 28.7 Å². The molecule has 6 nitrogen and oxygen atoms in total. The molecule has 1 aromatic rings. The molecule has 1 aliphatic heterocycles. The van der Waals surface area contributed by atoms with Crippen molar-refractivity contribution in [3.8, 4) is 5.75 Å². The second-order valence-corrected chi connectivity index (χ2v) is 6.50. The van der Waals surface area contributed by atoms with Gasteiger partial charge in [0.25, 0.3) is 5.91 Å². The van der Waals surface area contributed by atoms with Gasteiger partial charge in [0.05, 0.1) is 0 Å². The Morgan fingerprint density at radius 2 is 1.74 bits per heavy atom. The summed E-state index contributed by atoms with van der Waals surface area (Å²) in [6.07, 6.45) is 0. The van der Waals surface area contributed by atoms with Crippen molar-refractivity contribution in [3.05, 3.63) is 28.7 Å². The highest BCUT2D eigenvalue weighted by molar-refractivity contribution is 9.10. The predicted molar refractivity (Wildman–Crippen MR) is 91.0 cm³/mol. The van der Waals surface area contributed by atoms with Crippen molar-refractivity contribution in [1.29, 1.82) is 0 Å². The van der Waals surface area contributed by atoms with E-state index in [1.54, 1.807) is 9.80 Å². The summed E-state index contributed by atoms with van der Waals surface area (Å²) in [5.74, 6) is 0.489. The Morgan fingerprint density at radius 1 is 1.17 bits per heavy atom. The lowest BCUT2D eigenvalue weighted by atomic mass is 10.1. The predicted octanol–water partition coefficient (Wildman–Crippen LogP) is 1.09. The fraction of sp³-hybridized carbons (Fsp3) is 0.500. The van der Waals surface area contributed by atoms with Crippen LogP contribution < -0.4 is 10.5 Å².